The summed E-state index contributed by atoms with van der Waals surface area (Å²) >= 11 is 7.27. The van der Waals surface area contributed by atoms with Gasteiger partial charge in [0.1, 0.15) is 11.5 Å². The summed E-state index contributed by atoms with van der Waals surface area (Å²) in [6.45, 7) is 4.00. The maximum absolute atomic E-state index is 13.0. The molecule has 1 saturated heterocycles. The molecule has 1 aliphatic heterocycles. The number of hydrogen-bond donors (Lipinski definition) is 0. The zero-order valence-electron chi connectivity index (χ0n) is 13.0. The van der Waals surface area contributed by atoms with Crippen molar-refractivity contribution in [1.29, 1.82) is 0 Å². The van der Waals surface area contributed by atoms with Crippen LogP contribution in [0.1, 0.15) is 5.56 Å². The molecule has 1 aromatic carbocycles. The van der Waals surface area contributed by atoms with Gasteiger partial charge in [0.05, 0.1) is 4.91 Å². The fourth-order valence-corrected chi connectivity index (χ4v) is 3.32. The number of pyridine rings is 1. The van der Waals surface area contributed by atoms with Gasteiger partial charge in [0.25, 0.3) is 5.91 Å². The number of benzene rings is 1. The van der Waals surface area contributed by atoms with Gasteiger partial charge in [-0.05, 0) is 47.7 Å². The van der Waals surface area contributed by atoms with Crippen LogP contribution >= 0.6 is 23.4 Å². The number of carbonyl (C=O) groups is 1. The van der Waals surface area contributed by atoms with Crippen LogP contribution in [-0.4, -0.2) is 27.5 Å². The second-order valence-corrected chi connectivity index (χ2v) is 6.44. The van der Waals surface area contributed by atoms with Crippen molar-refractivity contribution in [2.45, 2.75) is 0 Å². The van der Waals surface area contributed by atoms with Gasteiger partial charge in [0.2, 0.25) is 0 Å². The average molecular weight is 374 g/mol. The van der Waals surface area contributed by atoms with Gasteiger partial charge < -0.3 is 0 Å². The standard InChI is InChI=1S/C18H13ClFN3OS/c1-2-10-23-17(24)15(11-12-5-7-13(20)8-6-12)25-18(23)22-14-4-3-9-21-16(14)19/h2-9,11H,1,10H2/b15-11-,22-18?. The maximum Gasteiger partial charge on any atom is 0.267 e. The quantitative estimate of drug-likeness (QED) is 0.444. The van der Waals surface area contributed by atoms with Gasteiger partial charge in [-0.15, -0.1) is 6.58 Å². The molecule has 3 rings (SSSR count). The molecule has 1 amide bonds. The minimum absolute atomic E-state index is 0.187. The first-order valence-corrected chi connectivity index (χ1v) is 8.55. The lowest BCUT2D eigenvalue weighted by Crippen LogP contribution is -2.29. The van der Waals surface area contributed by atoms with E-state index in [1.807, 2.05) is 0 Å². The first-order chi connectivity index (χ1) is 12.1. The molecule has 0 spiro atoms. The summed E-state index contributed by atoms with van der Waals surface area (Å²) < 4.78 is 13.0. The second kappa shape index (κ2) is 7.63. The Kier molecular flexibility index (Phi) is 5.31. The van der Waals surface area contributed by atoms with Crippen LogP contribution in [-0.2, 0) is 4.79 Å². The first-order valence-electron chi connectivity index (χ1n) is 7.35. The molecule has 0 atom stereocenters. The number of halogens is 2. The zero-order valence-corrected chi connectivity index (χ0v) is 14.6. The molecule has 0 N–H and O–H groups in total. The molecule has 1 aromatic heterocycles. The van der Waals surface area contributed by atoms with E-state index in [-0.39, 0.29) is 16.9 Å². The van der Waals surface area contributed by atoms with E-state index in [1.54, 1.807) is 42.6 Å². The summed E-state index contributed by atoms with van der Waals surface area (Å²) in [5, 5.41) is 0.755. The molecular formula is C18H13ClFN3OS. The van der Waals surface area contributed by atoms with Crippen molar-refractivity contribution in [3.63, 3.8) is 0 Å². The SMILES string of the molecule is C=CCN1C(=O)/C(=C/c2ccc(F)cc2)SC1=Nc1cccnc1Cl. The van der Waals surface area contributed by atoms with Crippen LogP contribution in [0, 0.1) is 5.82 Å². The van der Waals surface area contributed by atoms with Gasteiger partial charge in [-0.25, -0.2) is 14.4 Å². The average Bonchev–Trinajstić information content (AvgIpc) is 2.88. The summed E-state index contributed by atoms with van der Waals surface area (Å²) in [6, 6.07) is 9.37. The van der Waals surface area contributed by atoms with E-state index in [0.717, 1.165) is 5.56 Å². The lowest BCUT2D eigenvalue weighted by molar-refractivity contribution is -0.121. The predicted molar refractivity (Wildman–Crippen MR) is 100 cm³/mol. The molecule has 0 radical (unpaired) electrons. The number of amidine groups is 1. The smallest absolute Gasteiger partial charge is 0.267 e. The Balaban J connectivity index is 1.96. The third kappa shape index (κ3) is 3.97. The molecule has 1 fully saturated rings. The molecule has 0 saturated carbocycles. The highest BCUT2D eigenvalue weighted by atomic mass is 35.5. The summed E-state index contributed by atoms with van der Waals surface area (Å²) in [5.41, 5.74) is 1.22. The van der Waals surface area contributed by atoms with E-state index >= 15 is 0 Å². The monoisotopic (exact) mass is 373 g/mol. The van der Waals surface area contributed by atoms with E-state index in [1.165, 1.54) is 28.8 Å². The van der Waals surface area contributed by atoms with Gasteiger partial charge in [-0.2, -0.15) is 0 Å². The minimum Gasteiger partial charge on any atom is -0.283 e. The van der Waals surface area contributed by atoms with E-state index in [0.29, 0.717) is 22.3 Å². The number of rotatable bonds is 4. The number of nitrogens with zero attached hydrogens (tertiary/aromatic N) is 3. The molecule has 1 aliphatic rings. The van der Waals surface area contributed by atoms with Crippen molar-refractivity contribution in [2.75, 3.05) is 6.54 Å². The van der Waals surface area contributed by atoms with Gasteiger partial charge in [0, 0.05) is 12.7 Å². The normalized spacial score (nSPS) is 17.5. The summed E-state index contributed by atoms with van der Waals surface area (Å²) in [6.07, 6.45) is 4.90. The molecule has 4 nitrogen and oxygen atoms in total. The number of carbonyl (C=O) groups excluding carboxylic acids is 1. The van der Waals surface area contributed by atoms with Gasteiger partial charge in [-0.3, -0.25) is 9.69 Å². The molecule has 25 heavy (non-hydrogen) atoms. The van der Waals surface area contributed by atoms with Crippen molar-refractivity contribution in [1.82, 2.24) is 9.88 Å². The molecule has 2 heterocycles. The maximum atomic E-state index is 13.0. The van der Waals surface area contributed by atoms with Crippen molar-refractivity contribution in [3.05, 3.63) is 76.7 Å². The Morgan fingerprint density at radius 2 is 2.08 bits per heavy atom. The Morgan fingerprint density at radius 1 is 1.32 bits per heavy atom. The van der Waals surface area contributed by atoms with Crippen LogP contribution in [0.15, 0.2) is 65.1 Å². The summed E-state index contributed by atoms with van der Waals surface area (Å²) in [4.78, 5) is 23.1. The summed E-state index contributed by atoms with van der Waals surface area (Å²) in [7, 11) is 0. The molecule has 0 unspecified atom stereocenters. The highest BCUT2D eigenvalue weighted by Crippen LogP contribution is 2.35. The third-order valence-corrected chi connectivity index (χ3v) is 4.62. The van der Waals surface area contributed by atoms with E-state index < -0.39 is 0 Å². The van der Waals surface area contributed by atoms with Crippen LogP contribution in [0.25, 0.3) is 6.08 Å². The lowest BCUT2D eigenvalue weighted by Gasteiger charge is -2.12. The Bertz CT molecular complexity index is 880. The van der Waals surface area contributed by atoms with Crippen molar-refractivity contribution in [2.24, 2.45) is 4.99 Å². The largest absolute Gasteiger partial charge is 0.283 e. The van der Waals surface area contributed by atoms with Crippen LogP contribution in [0.2, 0.25) is 5.15 Å². The number of thioether (sulfide) groups is 1. The molecule has 2 aromatic rings. The van der Waals surface area contributed by atoms with Gasteiger partial charge >= 0.3 is 0 Å². The second-order valence-electron chi connectivity index (χ2n) is 5.07. The number of aromatic nitrogens is 1. The van der Waals surface area contributed by atoms with Gasteiger partial charge in [-0.1, -0.05) is 29.8 Å². The Morgan fingerprint density at radius 3 is 2.76 bits per heavy atom. The van der Waals surface area contributed by atoms with Crippen molar-refractivity contribution >= 4 is 46.2 Å². The van der Waals surface area contributed by atoms with E-state index in [2.05, 4.69) is 16.6 Å². The zero-order chi connectivity index (χ0) is 17.8. The van der Waals surface area contributed by atoms with E-state index in [4.69, 9.17) is 11.6 Å². The van der Waals surface area contributed by atoms with Gasteiger partial charge in [0.15, 0.2) is 10.3 Å². The topological polar surface area (TPSA) is 45.6 Å². The molecule has 0 aliphatic carbocycles. The fourth-order valence-electron chi connectivity index (χ4n) is 2.16. The summed E-state index contributed by atoms with van der Waals surface area (Å²) in [5.74, 6) is -0.512. The Hall–Kier alpha value is -2.44. The van der Waals surface area contributed by atoms with Crippen LogP contribution < -0.4 is 0 Å². The Labute approximate surface area is 153 Å². The highest BCUT2D eigenvalue weighted by molar-refractivity contribution is 8.18. The van der Waals surface area contributed by atoms with Crippen LogP contribution in [0.3, 0.4) is 0 Å². The first kappa shape index (κ1) is 17.4. The minimum atomic E-state index is -0.325. The predicted octanol–water partition coefficient (Wildman–Crippen LogP) is 4.66. The number of hydrogen-bond acceptors (Lipinski definition) is 4. The molecule has 7 heteroatoms. The molecule has 0 bridgehead atoms. The van der Waals surface area contributed by atoms with Crippen molar-refractivity contribution < 1.29 is 9.18 Å². The highest BCUT2D eigenvalue weighted by Gasteiger charge is 2.32. The third-order valence-electron chi connectivity index (χ3n) is 3.32. The van der Waals surface area contributed by atoms with E-state index in [9.17, 15) is 9.18 Å². The van der Waals surface area contributed by atoms with Crippen molar-refractivity contribution in [3.8, 4) is 0 Å². The number of amides is 1. The fraction of sp³-hybridized carbons (Fsp3) is 0.0556. The lowest BCUT2D eigenvalue weighted by atomic mass is 10.2. The number of aliphatic imine (C=N–C) groups is 1. The van der Waals surface area contributed by atoms with Crippen LogP contribution in [0.5, 0.6) is 0 Å². The van der Waals surface area contributed by atoms with Crippen LogP contribution in [0.4, 0.5) is 10.1 Å². The molecular weight excluding hydrogens is 361 g/mol. The molecule has 126 valence electrons.